The molecule has 0 aliphatic rings. The van der Waals surface area contributed by atoms with Crippen LogP contribution >= 0.6 is 70.2 Å². The third kappa shape index (κ3) is 5.34. The lowest BCUT2D eigenvalue weighted by atomic mass is 9.67. The van der Waals surface area contributed by atoms with E-state index >= 15 is 0 Å². The Kier molecular flexibility index (Phi) is 8.65. The summed E-state index contributed by atoms with van der Waals surface area (Å²) in [5, 5.41) is 0.622. The Hall–Kier alpha value is -1.78. The van der Waals surface area contributed by atoms with Gasteiger partial charge in [0.15, 0.2) is 10.8 Å². The second kappa shape index (κ2) is 11.5. The van der Waals surface area contributed by atoms with Crippen LogP contribution in [0.1, 0.15) is 29.5 Å². The summed E-state index contributed by atoms with van der Waals surface area (Å²) in [5.41, 5.74) is 2.97. The summed E-state index contributed by atoms with van der Waals surface area (Å²) < 4.78 is 5.94. The zero-order chi connectivity index (χ0) is 25.0. The average Bonchev–Trinajstić information content (AvgIpc) is 2.91. The Morgan fingerprint density at radius 1 is 0.571 bits per heavy atom. The average molecular weight is 581 g/mol. The van der Waals surface area contributed by atoms with Gasteiger partial charge in [-0.1, -0.05) is 149 Å². The summed E-state index contributed by atoms with van der Waals surface area (Å²) >= 11 is 36.8. The Morgan fingerprint density at radius 2 is 0.914 bits per heavy atom. The topological polar surface area (TPSA) is 9.23 Å². The number of halogens is 5. The fraction of sp³-hybridized carbons (Fsp3) is 0.107. The molecular weight excluding hydrogens is 562 g/mol. The standard InChI is InChI=1S/C28H19Cl5OS/c29-22-23(30)25(32)27(26(33)24(22)31)34-21(35)16-17-28(18-10-4-1-5-11-18,19-12-6-2-7-13-19)20-14-8-3-9-15-20/h1-15H,16-17H2. The van der Waals surface area contributed by atoms with Crippen molar-refractivity contribution in [3.8, 4) is 5.75 Å². The molecule has 0 aromatic heterocycles. The maximum Gasteiger partial charge on any atom is 0.168 e. The van der Waals surface area contributed by atoms with E-state index < -0.39 is 5.41 Å². The number of thiocarbonyl (C=S) groups is 1. The highest BCUT2D eigenvalue weighted by atomic mass is 35.5. The molecule has 178 valence electrons. The molecule has 0 heterocycles. The molecule has 0 radical (unpaired) electrons. The van der Waals surface area contributed by atoms with Gasteiger partial charge in [0.25, 0.3) is 0 Å². The minimum atomic E-state index is -0.472. The minimum Gasteiger partial charge on any atom is -0.447 e. The lowest BCUT2D eigenvalue weighted by molar-refractivity contribution is 0.511. The van der Waals surface area contributed by atoms with Crippen molar-refractivity contribution in [1.29, 1.82) is 0 Å². The lowest BCUT2D eigenvalue weighted by Gasteiger charge is -2.36. The first-order valence-corrected chi connectivity index (χ1v) is 13.0. The van der Waals surface area contributed by atoms with Gasteiger partial charge in [0, 0.05) is 11.8 Å². The molecule has 0 unspecified atom stereocenters. The number of benzene rings is 4. The zero-order valence-corrected chi connectivity index (χ0v) is 22.9. The predicted octanol–water partition coefficient (Wildman–Crippen LogP) is 10.5. The summed E-state index contributed by atoms with van der Waals surface area (Å²) in [5.74, 6) is 0.0995. The van der Waals surface area contributed by atoms with Gasteiger partial charge in [0.1, 0.15) is 10.0 Å². The summed E-state index contributed by atoms with van der Waals surface area (Å²) in [6.07, 6.45) is 1.06. The monoisotopic (exact) mass is 578 g/mol. The normalized spacial score (nSPS) is 11.3. The van der Waals surface area contributed by atoms with Gasteiger partial charge in [-0.2, -0.15) is 0 Å². The van der Waals surface area contributed by atoms with Crippen LogP contribution in [0, 0.1) is 0 Å². The molecule has 4 aromatic carbocycles. The molecule has 0 bridgehead atoms. The van der Waals surface area contributed by atoms with E-state index in [1.165, 1.54) is 0 Å². The molecule has 0 aliphatic heterocycles. The van der Waals surface area contributed by atoms with Crippen molar-refractivity contribution in [3.63, 3.8) is 0 Å². The number of rotatable bonds is 7. The smallest absolute Gasteiger partial charge is 0.168 e. The zero-order valence-electron chi connectivity index (χ0n) is 18.3. The first-order valence-electron chi connectivity index (χ1n) is 10.7. The quantitative estimate of drug-likeness (QED) is 0.0931. The van der Waals surface area contributed by atoms with Gasteiger partial charge in [0.05, 0.1) is 15.1 Å². The Balaban J connectivity index is 1.74. The molecule has 0 atom stereocenters. The van der Waals surface area contributed by atoms with E-state index in [1.54, 1.807) is 0 Å². The molecular formula is C28H19Cl5OS. The van der Waals surface area contributed by atoms with E-state index in [1.807, 2.05) is 54.6 Å². The van der Waals surface area contributed by atoms with E-state index in [0.29, 0.717) is 17.9 Å². The summed E-state index contributed by atoms with van der Waals surface area (Å²) in [7, 11) is 0. The number of ether oxygens (including phenoxy) is 1. The van der Waals surface area contributed by atoms with E-state index in [-0.39, 0.29) is 30.9 Å². The third-order valence-corrected chi connectivity index (χ3v) is 8.42. The van der Waals surface area contributed by atoms with Crippen LogP contribution in [0.15, 0.2) is 91.0 Å². The van der Waals surface area contributed by atoms with Crippen LogP contribution in [-0.4, -0.2) is 5.05 Å². The number of hydrogen-bond acceptors (Lipinski definition) is 2. The molecule has 0 saturated carbocycles. The lowest BCUT2D eigenvalue weighted by Crippen LogP contribution is -2.30. The summed E-state index contributed by atoms with van der Waals surface area (Å²) in [4.78, 5) is 0. The molecule has 0 aliphatic carbocycles. The fourth-order valence-electron chi connectivity index (χ4n) is 4.23. The van der Waals surface area contributed by atoms with Crippen molar-refractivity contribution >= 4 is 75.3 Å². The second-order valence-corrected chi connectivity index (χ2v) is 10.2. The third-order valence-electron chi connectivity index (χ3n) is 5.89. The van der Waals surface area contributed by atoms with Crippen molar-refractivity contribution < 1.29 is 4.74 Å². The largest absolute Gasteiger partial charge is 0.447 e. The van der Waals surface area contributed by atoms with Gasteiger partial charge >= 0.3 is 0 Å². The fourth-order valence-corrected chi connectivity index (χ4v) is 5.61. The molecule has 0 amide bonds. The van der Waals surface area contributed by atoms with E-state index in [0.717, 1.165) is 16.7 Å². The SMILES string of the molecule is S=C(CCC(c1ccccc1)(c1ccccc1)c1ccccc1)Oc1c(Cl)c(Cl)c(Cl)c(Cl)c1Cl. The van der Waals surface area contributed by atoms with Crippen LogP contribution in [0.3, 0.4) is 0 Å². The molecule has 0 spiro atoms. The molecule has 4 aromatic rings. The van der Waals surface area contributed by atoms with Gasteiger partial charge in [-0.25, -0.2) is 0 Å². The minimum absolute atomic E-state index is 0.0627. The van der Waals surface area contributed by atoms with Gasteiger partial charge in [-0.05, 0) is 35.3 Å². The van der Waals surface area contributed by atoms with Gasteiger partial charge < -0.3 is 4.74 Å². The maximum absolute atomic E-state index is 6.35. The van der Waals surface area contributed by atoms with E-state index in [9.17, 15) is 0 Å². The second-order valence-electron chi connectivity index (χ2n) is 7.88. The molecule has 35 heavy (non-hydrogen) atoms. The Morgan fingerprint density at radius 3 is 1.29 bits per heavy atom. The van der Waals surface area contributed by atoms with Crippen molar-refractivity contribution in [3.05, 3.63) is 133 Å². The first-order chi connectivity index (χ1) is 16.9. The van der Waals surface area contributed by atoms with Crippen LogP contribution < -0.4 is 4.74 Å². The van der Waals surface area contributed by atoms with Crippen LogP contribution in [0.2, 0.25) is 25.1 Å². The van der Waals surface area contributed by atoms with Gasteiger partial charge in [-0.15, -0.1) is 0 Å². The van der Waals surface area contributed by atoms with Crippen molar-refractivity contribution in [1.82, 2.24) is 0 Å². The first kappa shape index (κ1) is 26.3. The molecule has 0 saturated heterocycles. The van der Waals surface area contributed by atoms with Gasteiger partial charge in [-0.3, -0.25) is 0 Å². The predicted molar refractivity (Wildman–Crippen MR) is 153 cm³/mol. The molecule has 1 nitrogen and oxygen atoms in total. The molecule has 0 N–H and O–H groups in total. The highest BCUT2D eigenvalue weighted by molar-refractivity contribution is 7.80. The summed E-state index contributed by atoms with van der Waals surface area (Å²) in [6.45, 7) is 0. The van der Waals surface area contributed by atoms with Crippen LogP contribution in [0.4, 0.5) is 0 Å². The maximum atomic E-state index is 6.35. The van der Waals surface area contributed by atoms with E-state index in [2.05, 4.69) is 36.4 Å². The molecule has 0 fully saturated rings. The van der Waals surface area contributed by atoms with Crippen molar-refractivity contribution in [2.24, 2.45) is 0 Å². The Bertz CT molecular complexity index is 1200. The highest BCUT2D eigenvalue weighted by Gasteiger charge is 2.36. The molecule has 4 rings (SSSR count). The molecule has 7 heteroatoms. The number of hydrogen-bond donors (Lipinski definition) is 0. The van der Waals surface area contributed by atoms with Crippen molar-refractivity contribution in [2.75, 3.05) is 0 Å². The van der Waals surface area contributed by atoms with Gasteiger partial charge in [0.2, 0.25) is 0 Å². The van der Waals surface area contributed by atoms with Crippen LogP contribution in [0.25, 0.3) is 0 Å². The Labute approximate surface area is 235 Å². The van der Waals surface area contributed by atoms with Crippen LogP contribution in [-0.2, 0) is 5.41 Å². The highest BCUT2D eigenvalue weighted by Crippen LogP contribution is 2.49. The van der Waals surface area contributed by atoms with Crippen molar-refractivity contribution in [2.45, 2.75) is 18.3 Å². The van der Waals surface area contributed by atoms with Crippen LogP contribution in [0.5, 0.6) is 5.75 Å². The summed E-state index contributed by atoms with van der Waals surface area (Å²) in [6, 6.07) is 31.1. The van der Waals surface area contributed by atoms with E-state index in [4.69, 9.17) is 75.0 Å².